The molecule has 1 aliphatic rings. The largest absolute Gasteiger partial charge is 0.516 e. The third-order valence-corrected chi connectivity index (χ3v) is 2.94. The van der Waals surface area contributed by atoms with Gasteiger partial charge in [0.2, 0.25) is 0 Å². The van der Waals surface area contributed by atoms with E-state index in [0.717, 1.165) is 32.5 Å². The molecule has 0 N–H and O–H groups in total. The Balaban J connectivity index is 2.35. The average Bonchev–Trinajstić information content (AvgIpc) is 2.26. The Kier molecular flexibility index (Phi) is 5.14. The lowest BCUT2D eigenvalue weighted by Gasteiger charge is -2.29. The highest BCUT2D eigenvalue weighted by Crippen LogP contribution is 2.19. The quantitative estimate of drug-likeness (QED) is 0.560. The Hall–Kier alpha value is -1.10. The van der Waals surface area contributed by atoms with E-state index in [1.165, 1.54) is 0 Å². The molecule has 1 aliphatic heterocycles. The van der Waals surface area contributed by atoms with Gasteiger partial charge in [-0.05, 0) is 53.2 Å². The fourth-order valence-corrected chi connectivity index (χ4v) is 1.92. The smallest absolute Gasteiger partial charge is 0.428 e. The number of nitrogens with zero attached hydrogens (tertiary/aromatic N) is 1. The molecule has 0 aliphatic carbocycles. The topological polar surface area (TPSA) is 55.8 Å². The molecule has 0 aromatic rings. The zero-order chi connectivity index (χ0) is 13.8. The van der Waals surface area contributed by atoms with Crippen molar-refractivity contribution >= 4 is 12.1 Å². The molecular weight excluding hydrogens is 234 g/mol. The van der Waals surface area contributed by atoms with Crippen LogP contribution >= 0.6 is 0 Å². The first-order chi connectivity index (χ1) is 8.31. The van der Waals surface area contributed by atoms with Gasteiger partial charge < -0.3 is 14.4 Å². The summed E-state index contributed by atoms with van der Waals surface area (Å²) in [5, 5.41) is 0. The molecule has 0 atom stereocenters. The zero-order valence-corrected chi connectivity index (χ0v) is 11.7. The second kappa shape index (κ2) is 6.18. The van der Waals surface area contributed by atoms with E-state index in [9.17, 15) is 9.59 Å². The maximum absolute atomic E-state index is 11.7. The number of piperidine rings is 1. The van der Waals surface area contributed by atoms with Crippen LogP contribution in [-0.2, 0) is 14.3 Å². The molecule has 0 unspecified atom stereocenters. The van der Waals surface area contributed by atoms with Crippen LogP contribution in [0.5, 0.6) is 0 Å². The van der Waals surface area contributed by atoms with Crippen molar-refractivity contribution in [2.45, 2.75) is 46.1 Å². The van der Waals surface area contributed by atoms with Crippen LogP contribution in [0, 0.1) is 5.92 Å². The van der Waals surface area contributed by atoms with E-state index in [4.69, 9.17) is 9.47 Å². The molecule has 0 radical (unpaired) electrons. The molecule has 1 fully saturated rings. The summed E-state index contributed by atoms with van der Waals surface area (Å²) in [6, 6.07) is 0. The van der Waals surface area contributed by atoms with Gasteiger partial charge in [0.05, 0.1) is 5.92 Å². The average molecular weight is 257 g/mol. The molecule has 0 amide bonds. The summed E-state index contributed by atoms with van der Waals surface area (Å²) >= 11 is 0. The van der Waals surface area contributed by atoms with Crippen LogP contribution in [0.15, 0.2) is 0 Å². The predicted molar refractivity (Wildman–Crippen MR) is 67.2 cm³/mol. The van der Waals surface area contributed by atoms with Crippen LogP contribution in [0.1, 0.15) is 40.5 Å². The highest BCUT2D eigenvalue weighted by molar-refractivity contribution is 5.83. The van der Waals surface area contributed by atoms with E-state index in [1.54, 1.807) is 20.8 Å². The maximum atomic E-state index is 11.7. The van der Waals surface area contributed by atoms with Gasteiger partial charge in [-0.1, -0.05) is 6.92 Å². The van der Waals surface area contributed by atoms with Gasteiger partial charge >= 0.3 is 12.1 Å². The number of esters is 1. The second-order valence-corrected chi connectivity index (χ2v) is 5.59. The van der Waals surface area contributed by atoms with E-state index in [2.05, 4.69) is 11.8 Å². The summed E-state index contributed by atoms with van der Waals surface area (Å²) in [6.45, 7) is 10.1. The van der Waals surface area contributed by atoms with Gasteiger partial charge in [-0.3, -0.25) is 4.79 Å². The highest BCUT2D eigenvalue weighted by atomic mass is 16.7. The number of carbonyl (C=O) groups is 2. The van der Waals surface area contributed by atoms with Crippen molar-refractivity contribution in [1.29, 1.82) is 0 Å². The Bertz CT molecular complexity index is 301. The zero-order valence-electron chi connectivity index (χ0n) is 11.7. The third kappa shape index (κ3) is 5.04. The third-order valence-electron chi connectivity index (χ3n) is 2.94. The van der Waals surface area contributed by atoms with Crippen LogP contribution in [0.3, 0.4) is 0 Å². The fraction of sp³-hybridized carbons (Fsp3) is 0.846. The first kappa shape index (κ1) is 15.0. The van der Waals surface area contributed by atoms with Crippen molar-refractivity contribution in [3.8, 4) is 0 Å². The molecular formula is C13H23NO4. The van der Waals surface area contributed by atoms with Gasteiger partial charge in [-0.25, -0.2) is 4.79 Å². The van der Waals surface area contributed by atoms with Crippen LogP contribution in [0.2, 0.25) is 0 Å². The van der Waals surface area contributed by atoms with Gasteiger partial charge in [-0.15, -0.1) is 0 Å². The van der Waals surface area contributed by atoms with Gasteiger partial charge in [-0.2, -0.15) is 0 Å². The molecule has 0 aromatic carbocycles. The summed E-state index contributed by atoms with van der Waals surface area (Å²) in [5.74, 6) is -0.639. The molecule has 5 nitrogen and oxygen atoms in total. The predicted octanol–water partition coefficient (Wildman–Crippen LogP) is 2.20. The summed E-state index contributed by atoms with van der Waals surface area (Å²) in [4.78, 5) is 25.4. The Labute approximate surface area is 108 Å². The van der Waals surface area contributed by atoms with Gasteiger partial charge in [0.25, 0.3) is 0 Å². The summed E-state index contributed by atoms with van der Waals surface area (Å²) in [5.41, 5.74) is -0.636. The first-order valence-electron chi connectivity index (χ1n) is 6.49. The van der Waals surface area contributed by atoms with E-state index in [0.29, 0.717) is 0 Å². The van der Waals surface area contributed by atoms with Crippen molar-refractivity contribution in [2.75, 3.05) is 19.6 Å². The van der Waals surface area contributed by atoms with Crippen molar-refractivity contribution in [1.82, 2.24) is 4.90 Å². The molecule has 1 saturated heterocycles. The number of likely N-dealkylation sites (tertiary alicyclic amines) is 1. The monoisotopic (exact) mass is 257 g/mol. The summed E-state index contributed by atoms with van der Waals surface area (Å²) < 4.78 is 9.67. The summed E-state index contributed by atoms with van der Waals surface area (Å²) in [7, 11) is 0. The number of rotatable bonds is 2. The highest BCUT2D eigenvalue weighted by Gasteiger charge is 2.28. The van der Waals surface area contributed by atoms with Gasteiger partial charge in [0.15, 0.2) is 0 Å². The molecule has 0 bridgehead atoms. The molecule has 1 heterocycles. The van der Waals surface area contributed by atoms with E-state index >= 15 is 0 Å². The lowest BCUT2D eigenvalue weighted by Crippen LogP contribution is -2.37. The Morgan fingerprint density at radius 1 is 1.22 bits per heavy atom. The first-order valence-corrected chi connectivity index (χ1v) is 6.49. The minimum atomic E-state index is -0.898. The maximum Gasteiger partial charge on any atom is 0.516 e. The number of carbonyl (C=O) groups excluding carboxylic acids is 2. The van der Waals surface area contributed by atoms with Crippen LogP contribution in [0.4, 0.5) is 4.79 Å². The van der Waals surface area contributed by atoms with Crippen LogP contribution in [0.25, 0.3) is 0 Å². The van der Waals surface area contributed by atoms with E-state index < -0.39 is 17.7 Å². The Morgan fingerprint density at radius 3 is 2.22 bits per heavy atom. The molecule has 1 rings (SSSR count). The number of hydrogen-bond donors (Lipinski definition) is 0. The fourth-order valence-electron chi connectivity index (χ4n) is 1.92. The van der Waals surface area contributed by atoms with E-state index in [-0.39, 0.29) is 5.92 Å². The second-order valence-electron chi connectivity index (χ2n) is 5.59. The normalized spacial score (nSPS) is 18.4. The number of ether oxygens (including phenoxy) is 2. The van der Waals surface area contributed by atoms with Crippen molar-refractivity contribution in [3.63, 3.8) is 0 Å². The van der Waals surface area contributed by atoms with Crippen molar-refractivity contribution < 1.29 is 19.1 Å². The van der Waals surface area contributed by atoms with Crippen molar-refractivity contribution in [3.05, 3.63) is 0 Å². The molecule has 0 spiro atoms. The SMILES string of the molecule is CCN1CCC(C(=O)OC(=O)OC(C)(C)C)CC1. The van der Waals surface area contributed by atoms with Gasteiger partial charge in [0.1, 0.15) is 5.60 Å². The molecule has 0 saturated carbocycles. The number of hydrogen-bond acceptors (Lipinski definition) is 5. The minimum absolute atomic E-state index is 0.180. The Morgan fingerprint density at radius 2 is 1.78 bits per heavy atom. The van der Waals surface area contributed by atoms with E-state index in [1.807, 2.05) is 0 Å². The molecule has 18 heavy (non-hydrogen) atoms. The lowest BCUT2D eigenvalue weighted by molar-refractivity contribution is -0.147. The molecule has 0 aromatic heterocycles. The molecule has 104 valence electrons. The van der Waals surface area contributed by atoms with Crippen LogP contribution in [-0.4, -0.2) is 42.3 Å². The van der Waals surface area contributed by atoms with Gasteiger partial charge in [0, 0.05) is 0 Å². The summed E-state index contributed by atoms with van der Waals surface area (Å²) in [6.07, 6.45) is 0.593. The molecule has 5 heteroatoms. The standard InChI is InChI=1S/C13H23NO4/c1-5-14-8-6-10(7-9-14)11(15)17-12(16)18-13(2,3)4/h10H,5-9H2,1-4H3. The minimum Gasteiger partial charge on any atom is -0.428 e. The van der Waals surface area contributed by atoms with Crippen molar-refractivity contribution in [2.24, 2.45) is 5.92 Å². The van der Waals surface area contributed by atoms with Crippen LogP contribution < -0.4 is 0 Å². The lowest BCUT2D eigenvalue weighted by atomic mass is 9.97.